The lowest BCUT2D eigenvalue weighted by Crippen LogP contribution is -2.28. The number of ether oxygens (including phenoxy) is 2. The normalized spacial score (nSPS) is 17.6. The molecule has 1 unspecified atom stereocenters. The van der Waals surface area contributed by atoms with Gasteiger partial charge in [0.15, 0.2) is 0 Å². The fourth-order valence-corrected chi connectivity index (χ4v) is 2.47. The predicted octanol–water partition coefficient (Wildman–Crippen LogP) is 2.23. The molecule has 4 nitrogen and oxygen atoms in total. The summed E-state index contributed by atoms with van der Waals surface area (Å²) in [7, 11) is 0. The minimum atomic E-state index is -0.117. The molecule has 1 heterocycles. The van der Waals surface area contributed by atoms with E-state index in [9.17, 15) is 4.79 Å². The van der Waals surface area contributed by atoms with Gasteiger partial charge >= 0.3 is 5.97 Å². The molecule has 0 aliphatic carbocycles. The number of hydrogen-bond donors (Lipinski definition) is 1. The largest absolute Gasteiger partial charge is 0.466 e. The minimum absolute atomic E-state index is 0.117. The molecule has 0 fully saturated rings. The molecule has 4 heteroatoms. The van der Waals surface area contributed by atoms with Crippen LogP contribution >= 0.6 is 0 Å². The maximum atomic E-state index is 11.2. The van der Waals surface area contributed by atoms with Crippen LogP contribution in [0.1, 0.15) is 37.0 Å². The number of carbonyl (C=O) groups excluding carboxylic acids is 1. The Morgan fingerprint density at radius 3 is 3.15 bits per heavy atom. The first-order chi connectivity index (χ1) is 9.81. The summed E-state index contributed by atoms with van der Waals surface area (Å²) in [6.45, 7) is 4.67. The van der Waals surface area contributed by atoms with Crippen molar-refractivity contribution in [2.75, 3.05) is 26.3 Å². The zero-order valence-electron chi connectivity index (χ0n) is 12.1. The Hall–Kier alpha value is -1.39. The van der Waals surface area contributed by atoms with E-state index < -0.39 is 0 Å². The standard InChI is InChI=1S/C16H23NO3/c1-2-19-16(18)8-5-10-17-12-15-14-7-4-3-6-13(14)9-11-20-15/h3-4,6-7,15,17H,2,5,8-12H2,1H3. The SMILES string of the molecule is CCOC(=O)CCCNCC1OCCc2ccccc21. The van der Waals surface area contributed by atoms with Gasteiger partial charge in [-0.05, 0) is 37.4 Å². The predicted molar refractivity (Wildman–Crippen MR) is 77.6 cm³/mol. The molecule has 0 radical (unpaired) electrons. The van der Waals surface area contributed by atoms with Crippen LogP contribution in [0.25, 0.3) is 0 Å². The summed E-state index contributed by atoms with van der Waals surface area (Å²) >= 11 is 0. The van der Waals surface area contributed by atoms with Gasteiger partial charge in [0.05, 0.1) is 19.3 Å². The summed E-state index contributed by atoms with van der Waals surface area (Å²) in [5.74, 6) is -0.117. The smallest absolute Gasteiger partial charge is 0.305 e. The van der Waals surface area contributed by atoms with Gasteiger partial charge in [-0.1, -0.05) is 24.3 Å². The number of esters is 1. The van der Waals surface area contributed by atoms with Gasteiger partial charge < -0.3 is 14.8 Å². The Bertz CT molecular complexity index is 433. The van der Waals surface area contributed by atoms with Gasteiger partial charge in [0.1, 0.15) is 0 Å². The van der Waals surface area contributed by atoms with Gasteiger partial charge in [0.2, 0.25) is 0 Å². The minimum Gasteiger partial charge on any atom is -0.466 e. The maximum absolute atomic E-state index is 11.2. The van der Waals surface area contributed by atoms with Crippen LogP contribution in [0.4, 0.5) is 0 Å². The topological polar surface area (TPSA) is 47.6 Å². The highest BCUT2D eigenvalue weighted by molar-refractivity contribution is 5.69. The van der Waals surface area contributed by atoms with Gasteiger partial charge in [-0.15, -0.1) is 0 Å². The van der Waals surface area contributed by atoms with Crippen molar-refractivity contribution in [3.05, 3.63) is 35.4 Å². The third-order valence-corrected chi connectivity index (χ3v) is 3.46. The molecule has 1 aromatic rings. The molecular formula is C16H23NO3. The molecule has 0 amide bonds. The molecule has 0 spiro atoms. The molecule has 2 rings (SSSR count). The van der Waals surface area contributed by atoms with Gasteiger partial charge in [-0.25, -0.2) is 0 Å². The van der Waals surface area contributed by atoms with Crippen molar-refractivity contribution in [2.24, 2.45) is 0 Å². The molecule has 0 aromatic heterocycles. The van der Waals surface area contributed by atoms with Gasteiger partial charge in [-0.3, -0.25) is 4.79 Å². The molecular weight excluding hydrogens is 254 g/mol. The van der Waals surface area contributed by atoms with Crippen LogP contribution in [0.2, 0.25) is 0 Å². The van der Waals surface area contributed by atoms with Crippen molar-refractivity contribution in [3.8, 4) is 0 Å². The van der Waals surface area contributed by atoms with Crippen LogP contribution in [-0.2, 0) is 20.7 Å². The quantitative estimate of drug-likeness (QED) is 0.613. The van der Waals surface area contributed by atoms with Crippen LogP contribution in [-0.4, -0.2) is 32.3 Å². The second kappa shape index (κ2) is 8.02. The number of carbonyl (C=O) groups is 1. The third kappa shape index (κ3) is 4.32. The van der Waals surface area contributed by atoms with Crippen LogP contribution in [0.15, 0.2) is 24.3 Å². The molecule has 1 N–H and O–H groups in total. The van der Waals surface area contributed by atoms with Crippen LogP contribution < -0.4 is 5.32 Å². The lowest BCUT2D eigenvalue weighted by molar-refractivity contribution is -0.143. The Labute approximate surface area is 120 Å². The van der Waals surface area contributed by atoms with Crippen LogP contribution in [0.5, 0.6) is 0 Å². The second-order valence-corrected chi connectivity index (χ2v) is 4.92. The molecule has 1 aromatic carbocycles. The number of hydrogen-bond acceptors (Lipinski definition) is 4. The Balaban J connectivity index is 1.69. The summed E-state index contributed by atoms with van der Waals surface area (Å²) in [4.78, 5) is 11.2. The van der Waals surface area contributed by atoms with E-state index in [1.54, 1.807) is 0 Å². The summed E-state index contributed by atoms with van der Waals surface area (Å²) in [5, 5.41) is 3.36. The highest BCUT2D eigenvalue weighted by atomic mass is 16.5. The van der Waals surface area contributed by atoms with E-state index in [1.165, 1.54) is 11.1 Å². The molecule has 1 atom stereocenters. The van der Waals surface area contributed by atoms with Crippen molar-refractivity contribution < 1.29 is 14.3 Å². The molecule has 0 saturated heterocycles. The fourth-order valence-electron chi connectivity index (χ4n) is 2.47. The molecule has 0 saturated carbocycles. The summed E-state index contributed by atoms with van der Waals surface area (Å²) in [5.41, 5.74) is 2.67. The molecule has 20 heavy (non-hydrogen) atoms. The number of benzene rings is 1. The van der Waals surface area contributed by atoms with E-state index in [0.717, 1.165) is 32.5 Å². The van der Waals surface area contributed by atoms with Crippen molar-refractivity contribution in [3.63, 3.8) is 0 Å². The summed E-state index contributed by atoms with van der Waals surface area (Å²) < 4.78 is 10.7. The van der Waals surface area contributed by atoms with E-state index in [0.29, 0.717) is 13.0 Å². The maximum Gasteiger partial charge on any atom is 0.305 e. The Morgan fingerprint density at radius 2 is 2.30 bits per heavy atom. The first kappa shape index (κ1) is 15.0. The molecule has 110 valence electrons. The summed E-state index contributed by atoms with van der Waals surface area (Å²) in [6.07, 6.45) is 2.40. The molecule has 1 aliphatic rings. The number of rotatable bonds is 7. The first-order valence-corrected chi connectivity index (χ1v) is 7.37. The zero-order valence-corrected chi connectivity index (χ0v) is 12.1. The van der Waals surface area contributed by atoms with E-state index in [2.05, 4.69) is 29.6 Å². The lowest BCUT2D eigenvalue weighted by atomic mass is 9.97. The van der Waals surface area contributed by atoms with Crippen LogP contribution in [0.3, 0.4) is 0 Å². The Kier molecular flexibility index (Phi) is 6.02. The second-order valence-electron chi connectivity index (χ2n) is 4.92. The van der Waals surface area contributed by atoms with Gasteiger partial charge in [0, 0.05) is 13.0 Å². The zero-order chi connectivity index (χ0) is 14.2. The van der Waals surface area contributed by atoms with E-state index in [1.807, 2.05) is 6.92 Å². The van der Waals surface area contributed by atoms with E-state index >= 15 is 0 Å². The van der Waals surface area contributed by atoms with E-state index in [4.69, 9.17) is 9.47 Å². The summed E-state index contributed by atoms with van der Waals surface area (Å²) in [6, 6.07) is 8.44. The average Bonchev–Trinajstić information content (AvgIpc) is 2.47. The molecule has 1 aliphatic heterocycles. The third-order valence-electron chi connectivity index (χ3n) is 3.46. The van der Waals surface area contributed by atoms with Gasteiger partial charge in [0.25, 0.3) is 0 Å². The fraction of sp³-hybridized carbons (Fsp3) is 0.562. The van der Waals surface area contributed by atoms with Crippen molar-refractivity contribution in [1.82, 2.24) is 5.32 Å². The molecule has 0 bridgehead atoms. The first-order valence-electron chi connectivity index (χ1n) is 7.37. The highest BCUT2D eigenvalue weighted by Gasteiger charge is 2.19. The van der Waals surface area contributed by atoms with Crippen molar-refractivity contribution in [2.45, 2.75) is 32.3 Å². The van der Waals surface area contributed by atoms with E-state index in [-0.39, 0.29) is 12.1 Å². The van der Waals surface area contributed by atoms with Crippen molar-refractivity contribution in [1.29, 1.82) is 0 Å². The van der Waals surface area contributed by atoms with Gasteiger partial charge in [-0.2, -0.15) is 0 Å². The lowest BCUT2D eigenvalue weighted by Gasteiger charge is -2.26. The number of nitrogens with one attached hydrogen (secondary N) is 1. The van der Waals surface area contributed by atoms with Crippen LogP contribution in [0, 0.1) is 0 Å². The monoisotopic (exact) mass is 277 g/mol. The Morgan fingerprint density at radius 1 is 1.45 bits per heavy atom. The average molecular weight is 277 g/mol. The number of fused-ring (bicyclic) bond motifs is 1. The van der Waals surface area contributed by atoms with Crippen molar-refractivity contribution >= 4 is 5.97 Å². The highest BCUT2D eigenvalue weighted by Crippen LogP contribution is 2.26.